The van der Waals surface area contributed by atoms with Crippen LogP contribution in [0.3, 0.4) is 0 Å². The van der Waals surface area contributed by atoms with E-state index in [0.29, 0.717) is 6.42 Å². The van der Waals surface area contributed by atoms with Crippen molar-refractivity contribution in [3.63, 3.8) is 0 Å². The van der Waals surface area contributed by atoms with Crippen LogP contribution < -0.4 is 24.0 Å². The predicted octanol–water partition coefficient (Wildman–Crippen LogP) is -2.56. The number of halogens is 1. The summed E-state index contributed by atoms with van der Waals surface area (Å²) < 4.78 is 6.34. The number of hydrogen-bond donors (Lipinski definition) is 0. The summed E-state index contributed by atoms with van der Waals surface area (Å²) in [5, 5.41) is 0. The Morgan fingerprint density at radius 1 is 1.46 bits per heavy atom. The van der Waals surface area contributed by atoms with Crippen molar-refractivity contribution in [2.75, 3.05) is 27.7 Å². The summed E-state index contributed by atoms with van der Waals surface area (Å²) in [5.74, 6) is 0.244. The van der Waals surface area contributed by atoms with E-state index in [2.05, 4.69) is 21.1 Å². The molecule has 3 nitrogen and oxygen atoms in total. The van der Waals surface area contributed by atoms with Gasteiger partial charge in [0.25, 0.3) is 0 Å². The number of rotatable bonds is 2. The lowest BCUT2D eigenvalue weighted by Gasteiger charge is -2.26. The monoisotopic (exact) mass is 299 g/mol. The molecule has 13 heavy (non-hydrogen) atoms. The number of ketones is 1. The SMILES string of the molecule is C[C@@H]1O[C@H](C[N+](C)(C)C)CC1=O.[I-]. The average molecular weight is 299 g/mol. The fourth-order valence-electron chi connectivity index (χ4n) is 1.52. The highest BCUT2D eigenvalue weighted by atomic mass is 127. The van der Waals surface area contributed by atoms with Gasteiger partial charge in [-0.1, -0.05) is 0 Å². The largest absolute Gasteiger partial charge is 1.00 e. The highest BCUT2D eigenvalue weighted by Gasteiger charge is 2.33. The smallest absolute Gasteiger partial charge is 0.164 e. The van der Waals surface area contributed by atoms with Gasteiger partial charge in [0.1, 0.15) is 18.8 Å². The maximum Gasteiger partial charge on any atom is 0.164 e. The number of hydrogen-bond acceptors (Lipinski definition) is 2. The third-order valence-corrected chi connectivity index (χ3v) is 2.03. The van der Waals surface area contributed by atoms with Crippen molar-refractivity contribution in [2.24, 2.45) is 0 Å². The minimum absolute atomic E-state index is 0. The third-order valence-electron chi connectivity index (χ3n) is 2.03. The van der Waals surface area contributed by atoms with Gasteiger partial charge in [-0.3, -0.25) is 4.79 Å². The van der Waals surface area contributed by atoms with Crippen LogP contribution in [0.4, 0.5) is 0 Å². The highest BCUT2D eigenvalue weighted by molar-refractivity contribution is 5.84. The van der Waals surface area contributed by atoms with Crippen molar-refractivity contribution in [3.8, 4) is 0 Å². The molecule has 78 valence electrons. The Labute approximate surface area is 97.0 Å². The van der Waals surface area contributed by atoms with E-state index < -0.39 is 0 Å². The van der Waals surface area contributed by atoms with Crippen LogP contribution in [0.5, 0.6) is 0 Å². The van der Waals surface area contributed by atoms with Crippen LogP contribution in [-0.2, 0) is 9.53 Å². The molecule has 0 aliphatic carbocycles. The van der Waals surface area contributed by atoms with Crippen LogP contribution in [0.25, 0.3) is 0 Å². The topological polar surface area (TPSA) is 26.3 Å². The zero-order valence-corrected chi connectivity index (χ0v) is 10.9. The minimum Gasteiger partial charge on any atom is -1.00 e. The molecule has 2 atom stereocenters. The first kappa shape index (κ1) is 13.3. The number of likely N-dealkylation sites (N-methyl/N-ethyl adjacent to an activating group) is 1. The number of carbonyl (C=O) groups is 1. The van der Waals surface area contributed by atoms with E-state index in [1.54, 1.807) is 0 Å². The molecule has 0 N–H and O–H groups in total. The van der Waals surface area contributed by atoms with E-state index >= 15 is 0 Å². The van der Waals surface area contributed by atoms with E-state index in [0.717, 1.165) is 11.0 Å². The predicted molar refractivity (Wildman–Crippen MR) is 46.9 cm³/mol. The summed E-state index contributed by atoms with van der Waals surface area (Å²) in [6.45, 7) is 2.74. The zero-order chi connectivity index (χ0) is 9.35. The van der Waals surface area contributed by atoms with E-state index in [9.17, 15) is 4.79 Å². The van der Waals surface area contributed by atoms with Crippen LogP contribution in [0, 0.1) is 0 Å². The highest BCUT2D eigenvalue weighted by Crippen LogP contribution is 2.17. The molecular formula is C9H18INO2. The number of quaternary nitrogens is 1. The molecule has 1 aliphatic rings. The molecule has 1 heterocycles. The maximum absolute atomic E-state index is 11.1. The molecule has 0 amide bonds. The van der Waals surface area contributed by atoms with Crippen molar-refractivity contribution < 1.29 is 38.0 Å². The summed E-state index contributed by atoms with van der Waals surface area (Å²) in [5.41, 5.74) is 0. The molecule has 0 bridgehead atoms. The number of carbonyl (C=O) groups excluding carboxylic acids is 1. The third kappa shape index (κ3) is 4.37. The van der Waals surface area contributed by atoms with Gasteiger partial charge in [-0.25, -0.2) is 0 Å². The molecule has 1 fully saturated rings. The molecule has 1 aliphatic heterocycles. The quantitative estimate of drug-likeness (QED) is 0.414. The first-order valence-corrected chi connectivity index (χ1v) is 4.37. The first-order valence-electron chi connectivity index (χ1n) is 4.37. The summed E-state index contributed by atoms with van der Waals surface area (Å²) >= 11 is 0. The van der Waals surface area contributed by atoms with Gasteiger partial charge in [-0.15, -0.1) is 0 Å². The standard InChI is InChI=1S/C9H18NO2.HI/c1-7-9(11)5-8(12-7)6-10(2,3)4;/h7-8H,5-6H2,1-4H3;1H/q+1;/p-1/t7-,8-;/m0./s1. The second kappa shape index (κ2) is 4.70. The van der Waals surface area contributed by atoms with Crippen LogP contribution in [-0.4, -0.2) is 50.2 Å². The van der Waals surface area contributed by atoms with Crippen molar-refractivity contribution >= 4 is 5.78 Å². The van der Waals surface area contributed by atoms with E-state index in [1.807, 2.05) is 6.92 Å². The van der Waals surface area contributed by atoms with E-state index in [4.69, 9.17) is 4.74 Å². The molecule has 4 heteroatoms. The molecule has 0 aromatic rings. The molecule has 0 spiro atoms. The van der Waals surface area contributed by atoms with Crippen LogP contribution in [0.1, 0.15) is 13.3 Å². The van der Waals surface area contributed by atoms with Crippen LogP contribution >= 0.6 is 0 Å². The average Bonchev–Trinajstić information content (AvgIpc) is 2.07. The first-order chi connectivity index (χ1) is 5.38. The van der Waals surface area contributed by atoms with E-state index in [1.165, 1.54) is 0 Å². The fourth-order valence-corrected chi connectivity index (χ4v) is 1.52. The van der Waals surface area contributed by atoms with Crippen molar-refractivity contribution in [1.29, 1.82) is 0 Å². The van der Waals surface area contributed by atoms with Crippen LogP contribution in [0.2, 0.25) is 0 Å². The lowest BCUT2D eigenvalue weighted by molar-refractivity contribution is -0.873. The van der Waals surface area contributed by atoms with Gasteiger partial charge in [0.15, 0.2) is 5.78 Å². The Kier molecular flexibility index (Phi) is 4.82. The minimum atomic E-state index is -0.179. The maximum atomic E-state index is 11.1. The lowest BCUT2D eigenvalue weighted by Crippen LogP contribution is -3.00. The van der Waals surface area contributed by atoms with Gasteiger partial charge in [-0.2, -0.15) is 0 Å². The Morgan fingerprint density at radius 2 is 2.00 bits per heavy atom. The lowest BCUT2D eigenvalue weighted by atomic mass is 10.2. The Balaban J connectivity index is 0.00000144. The molecule has 0 aromatic carbocycles. The van der Waals surface area contributed by atoms with Gasteiger partial charge in [0, 0.05) is 6.42 Å². The van der Waals surface area contributed by atoms with Gasteiger partial charge >= 0.3 is 0 Å². The van der Waals surface area contributed by atoms with Gasteiger partial charge < -0.3 is 33.2 Å². The number of Topliss-reactive ketones (excluding diaryl/α,β-unsaturated/α-hetero) is 1. The number of nitrogens with zero attached hydrogens (tertiary/aromatic N) is 1. The van der Waals surface area contributed by atoms with Crippen LogP contribution in [0.15, 0.2) is 0 Å². The van der Waals surface area contributed by atoms with E-state index in [-0.39, 0.29) is 42.0 Å². The summed E-state index contributed by atoms with van der Waals surface area (Å²) in [7, 11) is 6.32. The van der Waals surface area contributed by atoms with Gasteiger partial charge in [0.2, 0.25) is 0 Å². The Hall–Kier alpha value is 0.320. The summed E-state index contributed by atoms with van der Waals surface area (Å²) in [6.07, 6.45) is 0.547. The summed E-state index contributed by atoms with van der Waals surface area (Å²) in [6, 6.07) is 0. The fraction of sp³-hybridized carbons (Fsp3) is 0.889. The van der Waals surface area contributed by atoms with Crippen molar-refractivity contribution in [2.45, 2.75) is 25.6 Å². The van der Waals surface area contributed by atoms with Gasteiger partial charge in [0.05, 0.1) is 21.1 Å². The Bertz CT molecular complexity index is 189. The molecule has 0 unspecified atom stereocenters. The molecular weight excluding hydrogens is 281 g/mol. The molecule has 0 aromatic heterocycles. The molecule has 0 saturated carbocycles. The van der Waals surface area contributed by atoms with Crippen molar-refractivity contribution in [1.82, 2.24) is 0 Å². The van der Waals surface area contributed by atoms with Gasteiger partial charge in [-0.05, 0) is 6.92 Å². The molecule has 1 saturated heterocycles. The molecule has 1 rings (SSSR count). The normalized spacial score (nSPS) is 28.8. The van der Waals surface area contributed by atoms with Crippen molar-refractivity contribution in [3.05, 3.63) is 0 Å². The summed E-state index contributed by atoms with van der Waals surface area (Å²) in [4.78, 5) is 11.1. The molecule has 0 radical (unpaired) electrons. The second-order valence-electron chi connectivity index (χ2n) is 4.54. The zero-order valence-electron chi connectivity index (χ0n) is 8.71. The number of ether oxygens (including phenoxy) is 1. The Morgan fingerprint density at radius 3 is 2.31 bits per heavy atom. The second-order valence-corrected chi connectivity index (χ2v) is 4.54.